The molecule has 1 aliphatic heterocycles. The molecule has 3 rings (SSSR count). The lowest BCUT2D eigenvalue weighted by Gasteiger charge is -2.08. The van der Waals surface area contributed by atoms with Gasteiger partial charge in [-0.15, -0.1) is 0 Å². The average molecular weight is 279 g/mol. The van der Waals surface area contributed by atoms with Gasteiger partial charge in [0.2, 0.25) is 5.91 Å². The second-order valence-electron chi connectivity index (χ2n) is 5.41. The van der Waals surface area contributed by atoms with Gasteiger partial charge in [0, 0.05) is 19.4 Å². The first-order chi connectivity index (χ1) is 9.76. The lowest BCUT2D eigenvalue weighted by Crippen LogP contribution is -2.17. The van der Waals surface area contributed by atoms with E-state index in [1.165, 1.54) is 0 Å². The van der Waals surface area contributed by atoms with Crippen molar-refractivity contribution in [2.75, 3.05) is 18.5 Å². The first-order valence-corrected chi connectivity index (χ1v) is 7.32. The maximum absolute atomic E-state index is 12.0. The average Bonchev–Trinajstić information content (AvgIpc) is 2.84. The quantitative estimate of drug-likeness (QED) is 0.855. The van der Waals surface area contributed by atoms with Gasteiger partial charge in [0.1, 0.15) is 0 Å². The van der Waals surface area contributed by atoms with E-state index in [2.05, 4.69) is 10.4 Å². The lowest BCUT2D eigenvalue weighted by molar-refractivity contribution is -0.118. The van der Waals surface area contributed by atoms with Gasteiger partial charge in [-0.3, -0.25) is 9.48 Å². The molecule has 1 N–H and O–H groups in total. The highest BCUT2D eigenvalue weighted by atomic mass is 16.5. The van der Waals surface area contributed by atoms with Crippen molar-refractivity contribution in [2.24, 2.45) is 5.92 Å². The minimum Gasteiger partial charge on any atom is -0.378 e. The Labute approximate surface area is 118 Å². The van der Waals surface area contributed by atoms with Crippen molar-refractivity contribution < 1.29 is 14.3 Å². The Morgan fingerprint density at radius 1 is 1.65 bits per heavy atom. The molecule has 0 spiro atoms. The van der Waals surface area contributed by atoms with Crippen molar-refractivity contribution in [3.05, 3.63) is 12.4 Å². The van der Waals surface area contributed by atoms with Crippen LogP contribution in [0.3, 0.4) is 0 Å². The second kappa shape index (κ2) is 5.93. The molecular weight excluding hydrogens is 258 g/mol. The van der Waals surface area contributed by atoms with Crippen LogP contribution in [-0.4, -0.2) is 41.1 Å². The highest BCUT2D eigenvalue weighted by Crippen LogP contribution is 2.34. The SMILES string of the molecule is CCOC1CC1C(=O)Nc1cnn(CC2CCCO2)c1. The molecule has 1 amide bonds. The molecule has 0 radical (unpaired) electrons. The van der Waals surface area contributed by atoms with Crippen molar-refractivity contribution in [1.82, 2.24) is 9.78 Å². The molecule has 20 heavy (non-hydrogen) atoms. The number of hydrogen-bond acceptors (Lipinski definition) is 4. The molecule has 1 aromatic rings. The normalized spacial score (nSPS) is 28.6. The summed E-state index contributed by atoms with van der Waals surface area (Å²) in [5.74, 6) is 0.0246. The first-order valence-electron chi connectivity index (χ1n) is 7.32. The highest BCUT2D eigenvalue weighted by Gasteiger charge is 2.44. The number of rotatable bonds is 6. The summed E-state index contributed by atoms with van der Waals surface area (Å²) in [5.41, 5.74) is 0.746. The maximum Gasteiger partial charge on any atom is 0.230 e. The van der Waals surface area contributed by atoms with Crippen LogP contribution in [0.1, 0.15) is 26.2 Å². The summed E-state index contributed by atoms with van der Waals surface area (Å²) in [6.45, 7) is 4.20. The second-order valence-corrected chi connectivity index (χ2v) is 5.41. The Hall–Kier alpha value is -1.40. The van der Waals surface area contributed by atoms with E-state index in [0.29, 0.717) is 6.61 Å². The molecule has 3 unspecified atom stereocenters. The first kappa shape index (κ1) is 13.6. The van der Waals surface area contributed by atoms with Gasteiger partial charge in [0.15, 0.2) is 0 Å². The summed E-state index contributed by atoms with van der Waals surface area (Å²) in [7, 11) is 0. The monoisotopic (exact) mass is 279 g/mol. The molecule has 3 atom stereocenters. The number of anilines is 1. The summed E-state index contributed by atoms with van der Waals surface area (Å²) in [6.07, 6.45) is 6.92. The van der Waals surface area contributed by atoms with E-state index in [-0.39, 0.29) is 24.0 Å². The largest absolute Gasteiger partial charge is 0.378 e. The Morgan fingerprint density at radius 2 is 2.55 bits per heavy atom. The third-order valence-corrected chi connectivity index (χ3v) is 3.76. The minimum absolute atomic E-state index is 0.00327. The van der Waals surface area contributed by atoms with Crippen LogP contribution in [0.15, 0.2) is 12.4 Å². The highest BCUT2D eigenvalue weighted by molar-refractivity contribution is 5.94. The molecule has 1 aliphatic carbocycles. The molecule has 2 heterocycles. The molecule has 1 saturated carbocycles. The van der Waals surface area contributed by atoms with Crippen LogP contribution in [0.2, 0.25) is 0 Å². The predicted molar refractivity (Wildman–Crippen MR) is 73.4 cm³/mol. The molecule has 1 saturated heterocycles. The van der Waals surface area contributed by atoms with Gasteiger partial charge in [-0.05, 0) is 26.2 Å². The number of carbonyl (C=O) groups excluding carboxylic acids is 1. The van der Waals surface area contributed by atoms with Gasteiger partial charge in [0.25, 0.3) is 0 Å². The summed E-state index contributed by atoms with van der Waals surface area (Å²) in [5, 5.41) is 7.15. The molecule has 6 nitrogen and oxygen atoms in total. The number of ether oxygens (including phenoxy) is 2. The van der Waals surface area contributed by atoms with E-state index < -0.39 is 0 Å². The topological polar surface area (TPSA) is 65.4 Å². The molecule has 6 heteroatoms. The standard InChI is InChI=1S/C14H21N3O3/c1-2-19-13-6-12(13)14(18)16-10-7-15-17(8-10)9-11-4-3-5-20-11/h7-8,11-13H,2-6,9H2,1H3,(H,16,18). The molecule has 1 aromatic heterocycles. The van der Waals surface area contributed by atoms with Crippen LogP contribution >= 0.6 is 0 Å². The van der Waals surface area contributed by atoms with E-state index >= 15 is 0 Å². The zero-order chi connectivity index (χ0) is 13.9. The molecular formula is C14H21N3O3. The Morgan fingerprint density at radius 3 is 3.30 bits per heavy atom. The lowest BCUT2D eigenvalue weighted by atomic mass is 10.2. The number of aromatic nitrogens is 2. The fourth-order valence-corrected chi connectivity index (χ4v) is 2.61. The van der Waals surface area contributed by atoms with E-state index in [1.807, 2.05) is 17.8 Å². The summed E-state index contributed by atoms with van der Waals surface area (Å²) in [6, 6.07) is 0. The fourth-order valence-electron chi connectivity index (χ4n) is 2.61. The van der Waals surface area contributed by atoms with Crippen molar-refractivity contribution in [1.29, 1.82) is 0 Å². The Balaban J connectivity index is 1.48. The van der Waals surface area contributed by atoms with Gasteiger partial charge in [-0.1, -0.05) is 0 Å². The van der Waals surface area contributed by atoms with Crippen molar-refractivity contribution >= 4 is 11.6 Å². The third kappa shape index (κ3) is 3.19. The molecule has 110 valence electrons. The summed E-state index contributed by atoms with van der Waals surface area (Å²) < 4.78 is 12.8. The maximum atomic E-state index is 12.0. The summed E-state index contributed by atoms with van der Waals surface area (Å²) >= 11 is 0. The molecule has 2 aliphatic rings. The number of nitrogens with zero attached hydrogens (tertiary/aromatic N) is 2. The number of carbonyl (C=O) groups is 1. The van der Waals surface area contributed by atoms with Gasteiger partial charge in [0.05, 0.1) is 36.6 Å². The van der Waals surface area contributed by atoms with Crippen LogP contribution in [0.4, 0.5) is 5.69 Å². The van der Waals surface area contributed by atoms with Gasteiger partial charge < -0.3 is 14.8 Å². The van der Waals surface area contributed by atoms with E-state index in [4.69, 9.17) is 9.47 Å². The van der Waals surface area contributed by atoms with Gasteiger partial charge in [-0.2, -0.15) is 5.10 Å². The van der Waals surface area contributed by atoms with Crippen LogP contribution in [0, 0.1) is 5.92 Å². The fraction of sp³-hybridized carbons (Fsp3) is 0.714. The van der Waals surface area contributed by atoms with Crippen LogP contribution in [0.25, 0.3) is 0 Å². The van der Waals surface area contributed by atoms with E-state index in [9.17, 15) is 4.79 Å². The molecule has 2 fully saturated rings. The van der Waals surface area contributed by atoms with E-state index in [0.717, 1.165) is 38.1 Å². The van der Waals surface area contributed by atoms with Crippen LogP contribution in [-0.2, 0) is 20.8 Å². The van der Waals surface area contributed by atoms with Crippen molar-refractivity contribution in [3.8, 4) is 0 Å². The van der Waals surface area contributed by atoms with Gasteiger partial charge >= 0.3 is 0 Å². The molecule has 0 bridgehead atoms. The van der Waals surface area contributed by atoms with Gasteiger partial charge in [-0.25, -0.2) is 0 Å². The van der Waals surface area contributed by atoms with Crippen LogP contribution in [0.5, 0.6) is 0 Å². The minimum atomic E-state index is -0.00327. The predicted octanol–water partition coefficient (Wildman–Crippen LogP) is 1.43. The number of amides is 1. The van der Waals surface area contributed by atoms with Crippen molar-refractivity contribution in [2.45, 2.75) is 44.9 Å². The summed E-state index contributed by atoms with van der Waals surface area (Å²) in [4.78, 5) is 12.0. The molecule has 0 aromatic carbocycles. The zero-order valence-corrected chi connectivity index (χ0v) is 11.7. The van der Waals surface area contributed by atoms with Crippen LogP contribution < -0.4 is 5.32 Å². The van der Waals surface area contributed by atoms with Crippen molar-refractivity contribution in [3.63, 3.8) is 0 Å². The van der Waals surface area contributed by atoms with E-state index in [1.54, 1.807) is 6.20 Å². The number of hydrogen-bond donors (Lipinski definition) is 1. The zero-order valence-electron chi connectivity index (χ0n) is 11.7. The smallest absolute Gasteiger partial charge is 0.230 e. The Kier molecular flexibility index (Phi) is 4.03. The number of nitrogens with one attached hydrogen (secondary N) is 1. The Bertz CT molecular complexity index is 468. The third-order valence-electron chi connectivity index (χ3n) is 3.76.